The molecule has 1 aromatic rings. The lowest BCUT2D eigenvalue weighted by molar-refractivity contribution is -0.137. The SMILES string of the molecule is O=C(O)C1CSC(C2=NC3=CC(C=c4cc(O)ccc4=C3)S2)=N1. The molecule has 2 aliphatic heterocycles. The number of phenols is 1. The molecule has 7 heteroatoms. The van der Waals surface area contributed by atoms with Crippen LogP contribution < -0.4 is 10.4 Å². The molecular weight excluding hydrogens is 332 g/mol. The number of rotatable bonds is 2. The van der Waals surface area contributed by atoms with Crippen molar-refractivity contribution < 1.29 is 15.0 Å². The van der Waals surface area contributed by atoms with Crippen molar-refractivity contribution >= 4 is 51.7 Å². The number of hydrogen-bond acceptors (Lipinski definition) is 6. The Morgan fingerprint density at radius 2 is 2.09 bits per heavy atom. The van der Waals surface area contributed by atoms with Crippen molar-refractivity contribution in [2.45, 2.75) is 11.3 Å². The summed E-state index contributed by atoms with van der Waals surface area (Å²) < 4.78 is 0. The van der Waals surface area contributed by atoms with Gasteiger partial charge in [-0.05, 0) is 34.7 Å². The van der Waals surface area contributed by atoms with Gasteiger partial charge in [0.1, 0.15) is 15.8 Å². The van der Waals surface area contributed by atoms with Crippen LogP contribution in [0.25, 0.3) is 12.2 Å². The van der Waals surface area contributed by atoms with Gasteiger partial charge in [0.05, 0.1) is 10.9 Å². The maximum Gasteiger partial charge on any atom is 0.329 e. The number of carbonyl (C=O) groups is 1. The number of aliphatic carboxylic acids is 1. The fourth-order valence-electron chi connectivity index (χ4n) is 2.56. The zero-order chi connectivity index (χ0) is 16.0. The van der Waals surface area contributed by atoms with Crippen molar-refractivity contribution in [1.82, 2.24) is 0 Å². The first-order chi connectivity index (χ1) is 11.1. The van der Waals surface area contributed by atoms with Crippen LogP contribution in [0.4, 0.5) is 0 Å². The van der Waals surface area contributed by atoms with Crippen LogP contribution in [0, 0.1) is 0 Å². The smallest absolute Gasteiger partial charge is 0.329 e. The molecule has 116 valence electrons. The largest absolute Gasteiger partial charge is 0.508 e. The molecule has 2 unspecified atom stereocenters. The minimum atomic E-state index is -0.897. The summed E-state index contributed by atoms with van der Waals surface area (Å²) in [5.74, 6) is -0.206. The molecule has 0 fully saturated rings. The van der Waals surface area contributed by atoms with Crippen LogP contribution in [0.1, 0.15) is 0 Å². The van der Waals surface area contributed by atoms with E-state index in [0.717, 1.165) is 21.2 Å². The Hall–Kier alpha value is -1.99. The van der Waals surface area contributed by atoms with Gasteiger partial charge in [-0.3, -0.25) is 4.99 Å². The summed E-state index contributed by atoms with van der Waals surface area (Å²) in [5.41, 5.74) is 0.839. The van der Waals surface area contributed by atoms with Gasteiger partial charge in [0, 0.05) is 5.75 Å². The Morgan fingerprint density at radius 1 is 1.22 bits per heavy atom. The number of fused-ring (bicyclic) bond motifs is 2. The fraction of sp³-hybridized carbons (Fsp3) is 0.188. The van der Waals surface area contributed by atoms with E-state index in [1.54, 1.807) is 23.9 Å². The number of carboxylic acid groups (broad SMARTS) is 1. The summed E-state index contributed by atoms with van der Waals surface area (Å²) in [7, 11) is 0. The number of hydrogen-bond donors (Lipinski definition) is 2. The van der Waals surface area contributed by atoms with Crippen LogP contribution in [0.15, 0.2) is 40.0 Å². The van der Waals surface area contributed by atoms with Gasteiger partial charge in [0.15, 0.2) is 6.04 Å². The lowest BCUT2D eigenvalue weighted by Gasteiger charge is -2.15. The van der Waals surface area contributed by atoms with Gasteiger partial charge < -0.3 is 10.2 Å². The average molecular weight is 344 g/mol. The highest BCUT2D eigenvalue weighted by Gasteiger charge is 2.29. The predicted octanol–water partition coefficient (Wildman–Crippen LogP) is 0.963. The molecule has 2 heterocycles. The lowest BCUT2D eigenvalue weighted by Crippen LogP contribution is -2.24. The Morgan fingerprint density at radius 3 is 2.87 bits per heavy atom. The van der Waals surface area contributed by atoms with Crippen molar-refractivity contribution in [2.75, 3.05) is 5.75 Å². The first kappa shape index (κ1) is 14.6. The number of nitrogens with zero attached hydrogens (tertiary/aromatic N) is 2. The van der Waals surface area contributed by atoms with E-state index in [2.05, 4.69) is 22.1 Å². The van der Waals surface area contributed by atoms with E-state index in [0.29, 0.717) is 10.8 Å². The molecule has 1 aromatic carbocycles. The molecule has 2 atom stereocenters. The molecule has 0 saturated carbocycles. The Kier molecular flexibility index (Phi) is 3.54. The molecule has 4 rings (SSSR count). The molecule has 0 amide bonds. The van der Waals surface area contributed by atoms with Crippen molar-refractivity contribution in [1.29, 1.82) is 0 Å². The molecule has 0 spiro atoms. The summed E-state index contributed by atoms with van der Waals surface area (Å²) in [5, 5.41) is 22.3. The lowest BCUT2D eigenvalue weighted by atomic mass is 10.2. The zero-order valence-corrected chi connectivity index (χ0v) is 13.5. The third-order valence-electron chi connectivity index (χ3n) is 3.65. The second-order valence-electron chi connectivity index (χ2n) is 5.31. The molecule has 0 aromatic heterocycles. The summed E-state index contributed by atoms with van der Waals surface area (Å²) in [4.78, 5) is 19.9. The number of phenolic OH excluding ortho intramolecular Hbond substituents is 1. The van der Waals surface area contributed by atoms with Crippen LogP contribution in [0.5, 0.6) is 5.75 Å². The number of aliphatic imine (C=N–C) groups is 2. The second kappa shape index (κ2) is 5.58. The minimum absolute atomic E-state index is 0.0870. The highest BCUT2D eigenvalue weighted by atomic mass is 32.2. The van der Waals surface area contributed by atoms with Crippen LogP contribution >= 0.6 is 23.5 Å². The molecular formula is C16H12N2O3S2. The Bertz CT molecular complexity index is 918. The van der Waals surface area contributed by atoms with Gasteiger partial charge in [-0.15, -0.1) is 11.8 Å². The second-order valence-corrected chi connectivity index (χ2v) is 7.49. The quantitative estimate of drug-likeness (QED) is 0.835. The van der Waals surface area contributed by atoms with Gasteiger partial charge in [-0.25, -0.2) is 9.79 Å². The van der Waals surface area contributed by atoms with E-state index in [4.69, 9.17) is 5.11 Å². The van der Waals surface area contributed by atoms with Crippen molar-refractivity contribution in [3.63, 3.8) is 0 Å². The van der Waals surface area contributed by atoms with Gasteiger partial charge in [-0.2, -0.15) is 0 Å². The van der Waals surface area contributed by atoms with Crippen LogP contribution in [-0.4, -0.2) is 43.3 Å². The molecule has 1 aliphatic carbocycles. The van der Waals surface area contributed by atoms with E-state index in [-0.39, 0.29) is 11.0 Å². The van der Waals surface area contributed by atoms with Crippen LogP contribution in [0.3, 0.4) is 0 Å². The Labute approximate surface area is 140 Å². The monoisotopic (exact) mass is 344 g/mol. The standard InChI is InChI=1S/C16H12N2O3S2/c19-11-2-1-8-3-10-6-12(5-9(8)4-11)23-15(17-10)14-18-13(7-22-14)16(20)21/h1-6,12-13,19H,7H2,(H,20,21). The van der Waals surface area contributed by atoms with Crippen molar-refractivity contribution in [3.8, 4) is 5.75 Å². The number of carboxylic acids is 1. The number of aromatic hydroxyl groups is 1. The first-order valence-electron chi connectivity index (χ1n) is 7.02. The third-order valence-corrected chi connectivity index (χ3v) is 5.89. The van der Waals surface area contributed by atoms with Gasteiger partial charge in [-0.1, -0.05) is 23.9 Å². The maximum atomic E-state index is 11.0. The van der Waals surface area contributed by atoms with Crippen molar-refractivity contribution in [3.05, 3.63) is 40.4 Å². The van der Waals surface area contributed by atoms with E-state index >= 15 is 0 Å². The summed E-state index contributed by atoms with van der Waals surface area (Å²) >= 11 is 2.99. The zero-order valence-electron chi connectivity index (χ0n) is 11.8. The van der Waals surface area contributed by atoms with Gasteiger partial charge in [0.25, 0.3) is 0 Å². The van der Waals surface area contributed by atoms with Gasteiger partial charge >= 0.3 is 5.97 Å². The topological polar surface area (TPSA) is 82.2 Å². The summed E-state index contributed by atoms with van der Waals surface area (Å²) in [6, 6.07) is 4.58. The van der Waals surface area contributed by atoms with E-state index in [1.165, 1.54) is 11.8 Å². The average Bonchev–Trinajstić information content (AvgIpc) is 2.96. The van der Waals surface area contributed by atoms with E-state index < -0.39 is 12.0 Å². The summed E-state index contributed by atoms with van der Waals surface area (Å²) in [6.07, 6.45) is 6.10. The molecule has 0 radical (unpaired) electrons. The minimum Gasteiger partial charge on any atom is -0.508 e. The highest BCUT2D eigenvalue weighted by Crippen LogP contribution is 2.31. The van der Waals surface area contributed by atoms with Gasteiger partial charge in [0.2, 0.25) is 0 Å². The highest BCUT2D eigenvalue weighted by molar-refractivity contribution is 8.25. The van der Waals surface area contributed by atoms with Crippen molar-refractivity contribution in [2.24, 2.45) is 9.98 Å². The summed E-state index contributed by atoms with van der Waals surface area (Å²) in [6.45, 7) is 0. The number of thioether (sulfide) groups is 2. The van der Waals surface area contributed by atoms with E-state index in [9.17, 15) is 9.90 Å². The predicted molar refractivity (Wildman–Crippen MR) is 94.5 cm³/mol. The normalized spacial score (nSPS) is 25.1. The van der Waals surface area contributed by atoms with E-state index in [1.807, 2.05) is 12.1 Å². The fourth-order valence-corrected chi connectivity index (χ4v) is 4.78. The maximum absolute atomic E-state index is 11.0. The molecule has 23 heavy (non-hydrogen) atoms. The third kappa shape index (κ3) is 2.82. The molecule has 2 N–H and O–H groups in total. The first-order valence-corrected chi connectivity index (χ1v) is 8.88. The Balaban J connectivity index is 1.72. The number of benzene rings is 1. The van der Waals surface area contributed by atoms with Crippen LogP contribution in [-0.2, 0) is 4.79 Å². The van der Waals surface area contributed by atoms with Crippen LogP contribution in [0.2, 0.25) is 0 Å². The molecule has 2 bridgehead atoms. The molecule has 0 saturated heterocycles. The molecule has 5 nitrogen and oxygen atoms in total. The molecule has 3 aliphatic rings. The number of allylic oxidation sites excluding steroid dienone is 1.